The third-order valence-corrected chi connectivity index (χ3v) is 7.26. The lowest BCUT2D eigenvalue weighted by atomic mass is 9.86. The summed E-state index contributed by atoms with van der Waals surface area (Å²) >= 11 is 0. The van der Waals surface area contributed by atoms with Crippen LogP contribution in [0.2, 0.25) is 0 Å². The average molecular weight is 467 g/mol. The Morgan fingerprint density at radius 1 is 1.12 bits per heavy atom. The van der Waals surface area contributed by atoms with E-state index in [1.165, 1.54) is 6.08 Å². The molecule has 3 amide bonds. The number of nitrogens with zero attached hydrogens (tertiary/aromatic N) is 3. The maximum atomic E-state index is 13.5. The number of carbonyl (C=O) groups excluding carboxylic acids is 3. The molecule has 4 atom stereocenters. The summed E-state index contributed by atoms with van der Waals surface area (Å²) in [6.45, 7) is 9.21. The number of fused-ring (bicyclic) bond motifs is 1. The number of likely N-dealkylation sites (N-methyl/N-ethyl adjacent to an activating group) is 2. The Bertz CT molecular complexity index is 987. The fourth-order valence-corrected chi connectivity index (χ4v) is 5.39. The van der Waals surface area contributed by atoms with Crippen LogP contribution in [0.25, 0.3) is 0 Å². The normalized spacial score (nSPS) is 27.1. The molecule has 0 bridgehead atoms. The minimum absolute atomic E-state index is 0.0359. The zero-order valence-electron chi connectivity index (χ0n) is 20.0. The number of ether oxygens (including phenoxy) is 1. The Morgan fingerprint density at radius 3 is 2.53 bits per heavy atom. The Balaban J connectivity index is 1.69. The number of piperidine rings is 1. The van der Waals surface area contributed by atoms with Crippen LogP contribution in [0, 0.1) is 0 Å². The molecule has 0 saturated carbocycles. The standard InChI is InChI=1S/C26H34N4O4/c1-5-19-16-29(26(33)23-8-7-13-34-23)22-14-17(9-11-20(22)30(19)24(31)6-2)18-10-12-21(25(32)27-3)28(4)15-18/h5-6,9,11,14,18-19,21,23H,1-2,7-8,10,12-13,15-16H2,3-4H3,(H,27,32)/t18?,19-,21?,23?/m0/s1. The molecular weight excluding hydrogens is 432 g/mol. The van der Waals surface area contributed by atoms with Gasteiger partial charge in [0.05, 0.1) is 30.0 Å². The highest BCUT2D eigenvalue weighted by Gasteiger charge is 2.39. The van der Waals surface area contributed by atoms with Crippen molar-refractivity contribution in [3.05, 3.63) is 49.1 Å². The SMILES string of the molecule is C=CC(=O)N1c2ccc(C3CCC(C(=O)NC)N(C)C3)cc2N(C(=O)C2CCCO2)C[C@@H]1C=C. The van der Waals surface area contributed by atoms with Gasteiger partial charge in [-0.3, -0.25) is 24.2 Å². The number of nitrogens with one attached hydrogen (secondary N) is 1. The van der Waals surface area contributed by atoms with Crippen LogP contribution in [0.3, 0.4) is 0 Å². The third-order valence-electron chi connectivity index (χ3n) is 7.26. The molecule has 8 heteroatoms. The number of likely N-dealkylation sites (tertiary alicyclic amines) is 1. The number of carbonyl (C=O) groups is 3. The summed E-state index contributed by atoms with van der Waals surface area (Å²) in [4.78, 5) is 43.9. The van der Waals surface area contributed by atoms with Crippen molar-refractivity contribution in [2.24, 2.45) is 0 Å². The Labute approximate surface area is 201 Å². The second-order valence-corrected chi connectivity index (χ2v) is 9.26. The van der Waals surface area contributed by atoms with Crippen LogP contribution in [-0.2, 0) is 19.1 Å². The first-order chi connectivity index (χ1) is 16.4. The lowest BCUT2D eigenvalue weighted by Crippen LogP contribution is -2.54. The van der Waals surface area contributed by atoms with Crippen LogP contribution in [0.4, 0.5) is 11.4 Å². The fraction of sp³-hybridized carbons (Fsp3) is 0.500. The molecule has 0 spiro atoms. The van der Waals surface area contributed by atoms with E-state index in [9.17, 15) is 14.4 Å². The molecule has 3 aliphatic rings. The second kappa shape index (κ2) is 10.1. The summed E-state index contributed by atoms with van der Waals surface area (Å²) in [7, 11) is 3.63. The van der Waals surface area contributed by atoms with Gasteiger partial charge < -0.3 is 15.0 Å². The van der Waals surface area contributed by atoms with Crippen molar-refractivity contribution >= 4 is 29.1 Å². The van der Waals surface area contributed by atoms with E-state index in [2.05, 4.69) is 23.4 Å². The topological polar surface area (TPSA) is 82.2 Å². The quantitative estimate of drug-likeness (QED) is 0.532. The fourth-order valence-electron chi connectivity index (χ4n) is 5.39. The summed E-state index contributed by atoms with van der Waals surface area (Å²) in [5.74, 6) is -0.0480. The van der Waals surface area contributed by atoms with Crippen molar-refractivity contribution in [1.29, 1.82) is 0 Å². The van der Waals surface area contributed by atoms with Crippen LogP contribution >= 0.6 is 0 Å². The molecule has 8 nitrogen and oxygen atoms in total. The molecule has 1 aromatic carbocycles. The van der Waals surface area contributed by atoms with Crippen molar-refractivity contribution < 1.29 is 19.1 Å². The summed E-state index contributed by atoms with van der Waals surface area (Å²) in [5, 5.41) is 2.75. The van der Waals surface area contributed by atoms with Crippen molar-refractivity contribution in [1.82, 2.24) is 10.2 Å². The Hall–Kier alpha value is -2.97. The summed E-state index contributed by atoms with van der Waals surface area (Å²) < 4.78 is 5.69. The van der Waals surface area contributed by atoms with Crippen molar-refractivity contribution in [2.45, 2.75) is 49.8 Å². The van der Waals surface area contributed by atoms with Gasteiger partial charge in [-0.25, -0.2) is 0 Å². The van der Waals surface area contributed by atoms with Gasteiger partial charge >= 0.3 is 0 Å². The van der Waals surface area contributed by atoms with Gasteiger partial charge in [0.2, 0.25) is 5.91 Å². The van der Waals surface area contributed by atoms with Gasteiger partial charge in [0.1, 0.15) is 6.10 Å². The molecule has 34 heavy (non-hydrogen) atoms. The highest BCUT2D eigenvalue weighted by Crippen LogP contribution is 2.41. The van der Waals surface area contributed by atoms with E-state index >= 15 is 0 Å². The lowest BCUT2D eigenvalue weighted by Gasteiger charge is -2.42. The minimum atomic E-state index is -0.460. The number of hydrogen-bond donors (Lipinski definition) is 1. The second-order valence-electron chi connectivity index (χ2n) is 9.26. The summed E-state index contributed by atoms with van der Waals surface area (Å²) in [5.41, 5.74) is 2.47. The van der Waals surface area contributed by atoms with Crippen LogP contribution in [0.15, 0.2) is 43.5 Å². The van der Waals surface area contributed by atoms with Crippen LogP contribution in [0.5, 0.6) is 0 Å². The van der Waals surface area contributed by atoms with Crippen LogP contribution < -0.4 is 15.1 Å². The van der Waals surface area contributed by atoms with Gasteiger partial charge in [0.15, 0.2) is 0 Å². The van der Waals surface area contributed by atoms with Gasteiger partial charge in [-0.15, -0.1) is 6.58 Å². The van der Waals surface area contributed by atoms with Gasteiger partial charge in [-0.1, -0.05) is 18.7 Å². The highest BCUT2D eigenvalue weighted by atomic mass is 16.5. The number of amides is 3. The summed E-state index contributed by atoms with van der Waals surface area (Å²) in [6, 6.07) is 5.49. The first kappa shape index (κ1) is 24.2. The first-order valence-electron chi connectivity index (χ1n) is 12.0. The lowest BCUT2D eigenvalue weighted by molar-refractivity contribution is -0.128. The van der Waals surface area contributed by atoms with E-state index in [-0.39, 0.29) is 35.7 Å². The maximum Gasteiger partial charge on any atom is 0.256 e. The largest absolute Gasteiger partial charge is 0.368 e. The predicted octanol–water partition coefficient (Wildman–Crippen LogP) is 2.21. The van der Waals surface area contributed by atoms with E-state index < -0.39 is 6.10 Å². The van der Waals surface area contributed by atoms with Crippen molar-refractivity contribution in [2.75, 3.05) is 43.6 Å². The molecule has 1 aromatic rings. The molecule has 1 N–H and O–H groups in total. The zero-order valence-corrected chi connectivity index (χ0v) is 20.0. The van der Waals surface area contributed by atoms with Crippen molar-refractivity contribution in [3.8, 4) is 0 Å². The van der Waals surface area contributed by atoms with Crippen LogP contribution in [0.1, 0.15) is 37.2 Å². The molecule has 3 unspecified atom stereocenters. The summed E-state index contributed by atoms with van der Waals surface area (Å²) in [6.07, 6.45) is 5.72. The molecule has 182 valence electrons. The first-order valence-corrected chi connectivity index (χ1v) is 12.0. The average Bonchev–Trinajstić information content (AvgIpc) is 3.41. The molecule has 0 aromatic heterocycles. The van der Waals surface area contributed by atoms with E-state index in [0.29, 0.717) is 30.9 Å². The van der Waals surface area contributed by atoms with E-state index in [0.717, 1.165) is 31.4 Å². The molecule has 0 radical (unpaired) electrons. The van der Waals surface area contributed by atoms with E-state index in [1.54, 1.807) is 22.9 Å². The zero-order chi connectivity index (χ0) is 24.4. The van der Waals surface area contributed by atoms with Gasteiger partial charge in [-0.05, 0) is 62.4 Å². The number of benzene rings is 1. The smallest absolute Gasteiger partial charge is 0.256 e. The molecular formula is C26H34N4O4. The highest BCUT2D eigenvalue weighted by molar-refractivity contribution is 6.09. The predicted molar refractivity (Wildman–Crippen MR) is 132 cm³/mol. The molecule has 3 aliphatic heterocycles. The third kappa shape index (κ3) is 4.40. The maximum absolute atomic E-state index is 13.5. The number of anilines is 2. The van der Waals surface area contributed by atoms with Gasteiger partial charge in [0, 0.05) is 20.2 Å². The minimum Gasteiger partial charge on any atom is -0.368 e. The van der Waals surface area contributed by atoms with E-state index in [4.69, 9.17) is 4.74 Å². The van der Waals surface area contributed by atoms with Gasteiger partial charge in [0.25, 0.3) is 11.8 Å². The molecule has 2 saturated heterocycles. The van der Waals surface area contributed by atoms with Crippen LogP contribution in [-0.4, -0.2) is 74.6 Å². The number of rotatable bonds is 5. The number of hydrogen-bond acceptors (Lipinski definition) is 5. The van der Waals surface area contributed by atoms with Crippen molar-refractivity contribution in [3.63, 3.8) is 0 Å². The molecule has 3 heterocycles. The molecule has 0 aliphatic carbocycles. The monoisotopic (exact) mass is 466 g/mol. The Kier molecular flexibility index (Phi) is 7.19. The van der Waals surface area contributed by atoms with E-state index in [1.807, 2.05) is 25.2 Å². The van der Waals surface area contributed by atoms with Gasteiger partial charge in [-0.2, -0.15) is 0 Å². The molecule has 2 fully saturated rings. The molecule has 4 rings (SSSR count). The Morgan fingerprint density at radius 2 is 1.91 bits per heavy atom.